The summed E-state index contributed by atoms with van der Waals surface area (Å²) in [5, 5.41) is 0.970. The molecule has 0 spiro atoms. The standard InChI is InChI=1S/C21H24N4O3/c1-26-16-6-4-15(5-7-16)24-8-10-25(11-9-24)21-17-12-19(27-2)20(28-3)13-18(17)22-14-23-21/h4-7,12-14H,8-11H2,1-3H3. The number of rotatable bonds is 5. The number of aromatic nitrogens is 2. The Morgan fingerprint density at radius 2 is 1.39 bits per heavy atom. The molecule has 7 nitrogen and oxygen atoms in total. The van der Waals surface area contributed by atoms with Crippen LogP contribution in [-0.2, 0) is 0 Å². The average Bonchev–Trinajstić information content (AvgIpc) is 2.77. The molecule has 1 aliphatic heterocycles. The maximum Gasteiger partial charge on any atom is 0.162 e. The van der Waals surface area contributed by atoms with Gasteiger partial charge in [-0.2, -0.15) is 0 Å². The van der Waals surface area contributed by atoms with Crippen molar-refractivity contribution < 1.29 is 14.2 Å². The number of ether oxygens (including phenoxy) is 3. The van der Waals surface area contributed by atoms with Crippen molar-refractivity contribution in [2.45, 2.75) is 0 Å². The molecule has 3 aromatic rings. The zero-order valence-corrected chi connectivity index (χ0v) is 16.4. The molecule has 1 aromatic heterocycles. The molecule has 1 aliphatic rings. The van der Waals surface area contributed by atoms with Crippen LogP contribution in [0.3, 0.4) is 0 Å². The van der Waals surface area contributed by atoms with Gasteiger partial charge in [0.15, 0.2) is 11.5 Å². The summed E-state index contributed by atoms with van der Waals surface area (Å²) in [6.45, 7) is 3.61. The Bertz CT molecular complexity index is 954. The highest BCUT2D eigenvalue weighted by Crippen LogP contribution is 2.35. The topological polar surface area (TPSA) is 60.0 Å². The fourth-order valence-electron chi connectivity index (χ4n) is 3.59. The number of anilines is 2. The molecule has 1 saturated heterocycles. The monoisotopic (exact) mass is 380 g/mol. The van der Waals surface area contributed by atoms with Gasteiger partial charge in [0.05, 0.1) is 26.8 Å². The predicted octanol–water partition coefficient (Wildman–Crippen LogP) is 2.98. The number of benzene rings is 2. The third-order valence-corrected chi connectivity index (χ3v) is 5.14. The molecule has 0 radical (unpaired) electrons. The maximum absolute atomic E-state index is 5.46. The van der Waals surface area contributed by atoms with Gasteiger partial charge >= 0.3 is 0 Å². The minimum Gasteiger partial charge on any atom is -0.497 e. The van der Waals surface area contributed by atoms with Crippen LogP contribution in [0.25, 0.3) is 10.9 Å². The van der Waals surface area contributed by atoms with Crippen molar-refractivity contribution in [3.05, 3.63) is 42.7 Å². The van der Waals surface area contributed by atoms with Crippen LogP contribution in [-0.4, -0.2) is 57.5 Å². The van der Waals surface area contributed by atoms with Crippen molar-refractivity contribution >= 4 is 22.4 Å². The molecule has 1 fully saturated rings. The van der Waals surface area contributed by atoms with Crippen molar-refractivity contribution in [2.75, 3.05) is 57.3 Å². The van der Waals surface area contributed by atoms with E-state index in [1.807, 2.05) is 24.3 Å². The summed E-state index contributed by atoms with van der Waals surface area (Å²) in [7, 11) is 4.95. The van der Waals surface area contributed by atoms with Gasteiger partial charge in [-0.25, -0.2) is 9.97 Å². The lowest BCUT2D eigenvalue weighted by Crippen LogP contribution is -2.46. The lowest BCUT2D eigenvalue weighted by Gasteiger charge is -2.37. The normalized spacial score (nSPS) is 14.2. The summed E-state index contributed by atoms with van der Waals surface area (Å²) in [5.41, 5.74) is 2.06. The van der Waals surface area contributed by atoms with Crippen molar-refractivity contribution in [3.63, 3.8) is 0 Å². The zero-order valence-electron chi connectivity index (χ0n) is 16.4. The van der Waals surface area contributed by atoms with E-state index in [1.165, 1.54) is 5.69 Å². The van der Waals surface area contributed by atoms with Gasteiger partial charge < -0.3 is 24.0 Å². The highest BCUT2D eigenvalue weighted by atomic mass is 16.5. The molecule has 146 valence electrons. The number of nitrogens with zero attached hydrogens (tertiary/aromatic N) is 4. The van der Waals surface area contributed by atoms with Crippen LogP contribution in [0.2, 0.25) is 0 Å². The maximum atomic E-state index is 5.46. The summed E-state index contributed by atoms with van der Waals surface area (Å²) in [6, 6.07) is 12.1. The fraction of sp³-hybridized carbons (Fsp3) is 0.333. The summed E-state index contributed by atoms with van der Waals surface area (Å²) in [4.78, 5) is 13.6. The minimum atomic E-state index is 0.670. The fourth-order valence-corrected chi connectivity index (χ4v) is 3.59. The second-order valence-electron chi connectivity index (χ2n) is 6.59. The SMILES string of the molecule is COc1ccc(N2CCN(c3ncnc4cc(OC)c(OC)cc34)CC2)cc1. The van der Waals surface area contributed by atoms with Crippen LogP contribution in [0.4, 0.5) is 11.5 Å². The number of hydrogen-bond acceptors (Lipinski definition) is 7. The van der Waals surface area contributed by atoms with Gasteiger partial charge in [0.1, 0.15) is 17.9 Å². The third kappa shape index (κ3) is 3.35. The van der Waals surface area contributed by atoms with Gasteiger partial charge in [-0.3, -0.25) is 0 Å². The van der Waals surface area contributed by atoms with E-state index in [0.29, 0.717) is 11.5 Å². The largest absolute Gasteiger partial charge is 0.497 e. The van der Waals surface area contributed by atoms with E-state index in [1.54, 1.807) is 27.7 Å². The molecule has 0 unspecified atom stereocenters. The van der Waals surface area contributed by atoms with Gasteiger partial charge in [-0.1, -0.05) is 0 Å². The van der Waals surface area contributed by atoms with Gasteiger partial charge in [-0.15, -0.1) is 0 Å². The Morgan fingerprint density at radius 3 is 2.04 bits per heavy atom. The summed E-state index contributed by atoms with van der Waals surface area (Å²) >= 11 is 0. The molecule has 0 atom stereocenters. The summed E-state index contributed by atoms with van der Waals surface area (Å²) in [6.07, 6.45) is 1.61. The number of piperazine rings is 1. The molecule has 2 aromatic carbocycles. The lowest BCUT2D eigenvalue weighted by atomic mass is 10.1. The highest BCUT2D eigenvalue weighted by Gasteiger charge is 2.21. The van der Waals surface area contributed by atoms with E-state index in [-0.39, 0.29) is 0 Å². The molecule has 4 rings (SSSR count). The molecular weight excluding hydrogens is 356 g/mol. The van der Waals surface area contributed by atoms with Gasteiger partial charge in [0, 0.05) is 43.3 Å². The van der Waals surface area contributed by atoms with E-state index in [2.05, 4.69) is 31.9 Å². The van der Waals surface area contributed by atoms with E-state index < -0.39 is 0 Å². The van der Waals surface area contributed by atoms with E-state index in [0.717, 1.165) is 48.6 Å². The summed E-state index contributed by atoms with van der Waals surface area (Å²) in [5.74, 6) is 3.16. The second kappa shape index (κ2) is 7.80. The second-order valence-corrected chi connectivity index (χ2v) is 6.59. The first kappa shape index (κ1) is 18.2. The average molecular weight is 380 g/mol. The molecule has 28 heavy (non-hydrogen) atoms. The van der Waals surface area contributed by atoms with Gasteiger partial charge in [0.2, 0.25) is 0 Å². The van der Waals surface area contributed by atoms with Crippen LogP contribution in [0.5, 0.6) is 17.2 Å². The first-order valence-corrected chi connectivity index (χ1v) is 9.24. The molecule has 0 amide bonds. The minimum absolute atomic E-state index is 0.670. The van der Waals surface area contributed by atoms with Crippen LogP contribution in [0.15, 0.2) is 42.7 Å². The van der Waals surface area contributed by atoms with Crippen LogP contribution < -0.4 is 24.0 Å². The quantitative estimate of drug-likeness (QED) is 0.674. The first-order chi connectivity index (χ1) is 13.7. The molecule has 0 saturated carbocycles. The third-order valence-electron chi connectivity index (χ3n) is 5.14. The van der Waals surface area contributed by atoms with E-state index in [9.17, 15) is 0 Å². The number of fused-ring (bicyclic) bond motifs is 1. The Hall–Kier alpha value is -3.22. The molecular formula is C21H24N4O3. The Labute approximate surface area is 164 Å². The molecule has 0 aliphatic carbocycles. The Morgan fingerprint density at radius 1 is 0.750 bits per heavy atom. The van der Waals surface area contributed by atoms with Crippen LogP contribution >= 0.6 is 0 Å². The van der Waals surface area contributed by atoms with Crippen molar-refractivity contribution in [1.29, 1.82) is 0 Å². The molecule has 7 heteroatoms. The summed E-state index contributed by atoms with van der Waals surface area (Å²) < 4.78 is 16.1. The van der Waals surface area contributed by atoms with Crippen molar-refractivity contribution in [3.8, 4) is 17.2 Å². The first-order valence-electron chi connectivity index (χ1n) is 9.24. The smallest absolute Gasteiger partial charge is 0.162 e. The Kier molecular flexibility index (Phi) is 5.06. The van der Waals surface area contributed by atoms with Crippen LogP contribution in [0, 0.1) is 0 Å². The van der Waals surface area contributed by atoms with E-state index in [4.69, 9.17) is 14.2 Å². The predicted molar refractivity (Wildman–Crippen MR) is 110 cm³/mol. The van der Waals surface area contributed by atoms with Crippen molar-refractivity contribution in [1.82, 2.24) is 9.97 Å². The molecule has 0 bridgehead atoms. The highest BCUT2D eigenvalue weighted by molar-refractivity contribution is 5.92. The van der Waals surface area contributed by atoms with Crippen molar-refractivity contribution in [2.24, 2.45) is 0 Å². The number of methoxy groups -OCH3 is 3. The zero-order chi connectivity index (χ0) is 19.5. The molecule has 2 heterocycles. The van der Waals surface area contributed by atoms with Crippen LogP contribution in [0.1, 0.15) is 0 Å². The van der Waals surface area contributed by atoms with E-state index >= 15 is 0 Å². The number of hydrogen-bond donors (Lipinski definition) is 0. The lowest BCUT2D eigenvalue weighted by molar-refractivity contribution is 0.356. The molecule has 0 N–H and O–H groups in total. The van der Waals surface area contributed by atoms with Gasteiger partial charge in [0.25, 0.3) is 0 Å². The Balaban J connectivity index is 1.56. The van der Waals surface area contributed by atoms with Gasteiger partial charge in [-0.05, 0) is 30.3 Å².